The predicted molar refractivity (Wildman–Crippen MR) is 57.3 cm³/mol. The number of piperidine rings is 1. The molecule has 2 atom stereocenters. The highest BCUT2D eigenvalue weighted by Gasteiger charge is 2.24. The zero-order valence-electron chi connectivity index (χ0n) is 8.83. The maximum absolute atomic E-state index is 6.03. The molecule has 0 bridgehead atoms. The van der Waals surface area contributed by atoms with Crippen molar-refractivity contribution in [1.82, 2.24) is 9.97 Å². The van der Waals surface area contributed by atoms with Crippen LogP contribution < -0.4 is 10.6 Å². The fraction of sp³-hybridized carbons (Fsp3) is 0.700. The van der Waals surface area contributed by atoms with Gasteiger partial charge in [0.05, 0.1) is 0 Å². The lowest BCUT2D eigenvalue weighted by molar-refractivity contribution is 0.377. The number of imidazole rings is 1. The van der Waals surface area contributed by atoms with Gasteiger partial charge in [-0.05, 0) is 19.3 Å². The van der Waals surface area contributed by atoms with Gasteiger partial charge in [0.15, 0.2) is 0 Å². The Bertz CT molecular complexity index is 307. The number of anilines is 1. The summed E-state index contributed by atoms with van der Waals surface area (Å²) in [6.45, 7) is 6.20. The highest BCUT2D eigenvalue weighted by Crippen LogP contribution is 2.19. The molecule has 0 radical (unpaired) electrons. The standard InChI is InChI=1S/C10H18N4/c1-7-3-4-14(6-9(7)11)10-12-5-8(2)13-10/h5,7,9H,3-4,6,11H2,1-2H3,(H,12,13). The average Bonchev–Trinajstić information content (AvgIpc) is 2.57. The Morgan fingerprint density at radius 3 is 3.00 bits per heavy atom. The van der Waals surface area contributed by atoms with Crippen LogP contribution in [0.15, 0.2) is 6.20 Å². The van der Waals surface area contributed by atoms with Gasteiger partial charge in [0.1, 0.15) is 0 Å². The second-order valence-corrected chi connectivity index (χ2v) is 4.27. The first-order chi connectivity index (χ1) is 6.66. The van der Waals surface area contributed by atoms with E-state index in [2.05, 4.69) is 21.8 Å². The molecular weight excluding hydrogens is 176 g/mol. The Hall–Kier alpha value is -1.03. The van der Waals surface area contributed by atoms with E-state index in [1.54, 1.807) is 0 Å². The predicted octanol–water partition coefficient (Wildman–Crippen LogP) is 0.892. The van der Waals surface area contributed by atoms with Gasteiger partial charge >= 0.3 is 0 Å². The summed E-state index contributed by atoms with van der Waals surface area (Å²) >= 11 is 0. The number of hydrogen-bond acceptors (Lipinski definition) is 3. The summed E-state index contributed by atoms with van der Waals surface area (Å²) in [6, 6.07) is 0.272. The summed E-state index contributed by atoms with van der Waals surface area (Å²) in [6.07, 6.45) is 3.01. The van der Waals surface area contributed by atoms with Crippen LogP contribution in [0.4, 0.5) is 5.95 Å². The van der Waals surface area contributed by atoms with Gasteiger partial charge in [-0.2, -0.15) is 0 Å². The lowest BCUT2D eigenvalue weighted by atomic mass is 9.95. The molecule has 0 aliphatic carbocycles. The van der Waals surface area contributed by atoms with Crippen LogP contribution in [0.2, 0.25) is 0 Å². The topological polar surface area (TPSA) is 57.9 Å². The minimum Gasteiger partial charge on any atom is -0.341 e. The Labute approximate surface area is 84.5 Å². The maximum atomic E-state index is 6.03. The fourth-order valence-corrected chi connectivity index (χ4v) is 1.85. The second kappa shape index (κ2) is 3.61. The molecule has 2 heterocycles. The molecule has 0 spiro atoms. The van der Waals surface area contributed by atoms with Gasteiger partial charge in [-0.1, -0.05) is 6.92 Å². The summed E-state index contributed by atoms with van der Waals surface area (Å²) in [7, 11) is 0. The van der Waals surface area contributed by atoms with Crippen molar-refractivity contribution in [3.8, 4) is 0 Å². The number of nitrogens with zero attached hydrogens (tertiary/aromatic N) is 2. The van der Waals surface area contributed by atoms with E-state index in [4.69, 9.17) is 5.73 Å². The quantitative estimate of drug-likeness (QED) is 0.698. The molecule has 1 saturated heterocycles. The van der Waals surface area contributed by atoms with Crippen LogP contribution in [-0.2, 0) is 0 Å². The van der Waals surface area contributed by atoms with E-state index < -0.39 is 0 Å². The minimum absolute atomic E-state index is 0.272. The van der Waals surface area contributed by atoms with Crippen molar-refractivity contribution in [3.05, 3.63) is 11.9 Å². The molecule has 1 aliphatic heterocycles. The van der Waals surface area contributed by atoms with Crippen LogP contribution >= 0.6 is 0 Å². The molecule has 2 unspecified atom stereocenters. The number of nitrogens with one attached hydrogen (secondary N) is 1. The molecule has 4 heteroatoms. The van der Waals surface area contributed by atoms with Crippen LogP contribution in [-0.4, -0.2) is 29.1 Å². The van der Waals surface area contributed by atoms with Crippen LogP contribution in [0.1, 0.15) is 19.0 Å². The van der Waals surface area contributed by atoms with Gasteiger partial charge in [0.25, 0.3) is 0 Å². The number of rotatable bonds is 1. The van der Waals surface area contributed by atoms with E-state index in [0.717, 1.165) is 31.2 Å². The average molecular weight is 194 g/mol. The first kappa shape index (κ1) is 9.52. The fourth-order valence-electron chi connectivity index (χ4n) is 1.85. The molecule has 4 nitrogen and oxygen atoms in total. The summed E-state index contributed by atoms with van der Waals surface area (Å²) in [5.41, 5.74) is 7.13. The highest BCUT2D eigenvalue weighted by molar-refractivity contribution is 5.32. The van der Waals surface area contributed by atoms with E-state index in [9.17, 15) is 0 Å². The van der Waals surface area contributed by atoms with E-state index in [-0.39, 0.29) is 6.04 Å². The smallest absolute Gasteiger partial charge is 0.203 e. The molecule has 14 heavy (non-hydrogen) atoms. The molecule has 2 rings (SSSR count). The van der Waals surface area contributed by atoms with Gasteiger partial charge in [-0.15, -0.1) is 0 Å². The van der Waals surface area contributed by atoms with Crippen molar-refractivity contribution in [2.45, 2.75) is 26.3 Å². The van der Waals surface area contributed by atoms with Crippen molar-refractivity contribution < 1.29 is 0 Å². The summed E-state index contributed by atoms with van der Waals surface area (Å²) in [5.74, 6) is 1.59. The molecule has 1 aromatic heterocycles. The molecule has 1 fully saturated rings. The monoisotopic (exact) mass is 194 g/mol. The molecule has 78 valence electrons. The van der Waals surface area contributed by atoms with Crippen LogP contribution in [0, 0.1) is 12.8 Å². The third-order valence-electron chi connectivity index (χ3n) is 3.01. The maximum Gasteiger partial charge on any atom is 0.203 e. The molecule has 3 N–H and O–H groups in total. The minimum atomic E-state index is 0.272. The first-order valence-electron chi connectivity index (χ1n) is 5.19. The van der Waals surface area contributed by atoms with Crippen molar-refractivity contribution in [3.63, 3.8) is 0 Å². The number of aryl methyl sites for hydroxylation is 1. The van der Waals surface area contributed by atoms with Crippen LogP contribution in [0.5, 0.6) is 0 Å². The van der Waals surface area contributed by atoms with Crippen molar-refractivity contribution >= 4 is 5.95 Å². The summed E-state index contributed by atoms with van der Waals surface area (Å²) in [5, 5.41) is 0. The van der Waals surface area contributed by atoms with E-state index in [1.807, 2.05) is 13.1 Å². The Morgan fingerprint density at radius 1 is 1.64 bits per heavy atom. The van der Waals surface area contributed by atoms with Crippen molar-refractivity contribution in [2.75, 3.05) is 18.0 Å². The lowest BCUT2D eigenvalue weighted by Crippen LogP contribution is -2.48. The second-order valence-electron chi connectivity index (χ2n) is 4.27. The third-order valence-corrected chi connectivity index (χ3v) is 3.01. The zero-order chi connectivity index (χ0) is 10.1. The third kappa shape index (κ3) is 1.75. The van der Waals surface area contributed by atoms with Crippen molar-refractivity contribution in [2.24, 2.45) is 11.7 Å². The zero-order valence-corrected chi connectivity index (χ0v) is 8.83. The van der Waals surface area contributed by atoms with Crippen LogP contribution in [0.25, 0.3) is 0 Å². The molecule has 0 amide bonds. The first-order valence-corrected chi connectivity index (χ1v) is 5.19. The van der Waals surface area contributed by atoms with E-state index in [0.29, 0.717) is 5.92 Å². The van der Waals surface area contributed by atoms with Gasteiger partial charge < -0.3 is 15.6 Å². The SMILES string of the molecule is Cc1cnc(N2CCC(C)C(N)C2)[nH]1. The largest absolute Gasteiger partial charge is 0.341 e. The molecule has 0 saturated carbocycles. The van der Waals surface area contributed by atoms with E-state index >= 15 is 0 Å². The van der Waals surface area contributed by atoms with Crippen LogP contribution in [0.3, 0.4) is 0 Å². The lowest BCUT2D eigenvalue weighted by Gasteiger charge is -2.34. The molecule has 0 aromatic carbocycles. The Morgan fingerprint density at radius 2 is 2.43 bits per heavy atom. The van der Waals surface area contributed by atoms with Gasteiger partial charge in [0.2, 0.25) is 5.95 Å². The number of aromatic nitrogens is 2. The van der Waals surface area contributed by atoms with Gasteiger partial charge in [-0.25, -0.2) is 4.98 Å². The van der Waals surface area contributed by atoms with E-state index in [1.165, 1.54) is 0 Å². The Kier molecular flexibility index (Phi) is 2.46. The van der Waals surface area contributed by atoms with Gasteiger partial charge in [-0.3, -0.25) is 0 Å². The number of aromatic amines is 1. The summed E-state index contributed by atoms with van der Waals surface area (Å²) < 4.78 is 0. The summed E-state index contributed by atoms with van der Waals surface area (Å²) in [4.78, 5) is 9.79. The van der Waals surface area contributed by atoms with Crippen molar-refractivity contribution in [1.29, 1.82) is 0 Å². The molecule has 1 aliphatic rings. The highest BCUT2D eigenvalue weighted by atomic mass is 15.3. The number of nitrogens with two attached hydrogens (primary N) is 1. The molecular formula is C10H18N4. The number of H-pyrrole nitrogens is 1. The van der Waals surface area contributed by atoms with Gasteiger partial charge in [0, 0.05) is 31.0 Å². The number of hydrogen-bond donors (Lipinski definition) is 2. The Balaban J connectivity index is 2.06. The normalized spacial score (nSPS) is 28.1. The molecule has 1 aromatic rings.